The zero-order valence-electron chi connectivity index (χ0n) is 10.0. The number of hydrogen-bond donors (Lipinski definition) is 2. The number of phenols is 1. The molecule has 1 aliphatic heterocycles. The minimum absolute atomic E-state index is 0.0575. The molecule has 0 aromatic heterocycles. The van der Waals surface area contributed by atoms with E-state index in [4.69, 9.17) is 0 Å². The predicted octanol–water partition coefficient (Wildman–Crippen LogP) is 2.51. The van der Waals surface area contributed by atoms with Crippen LogP contribution in [0.15, 0.2) is 16.6 Å². The summed E-state index contributed by atoms with van der Waals surface area (Å²) < 4.78 is 40.2. The predicted molar refractivity (Wildman–Crippen MR) is 69.0 cm³/mol. The van der Waals surface area contributed by atoms with Gasteiger partial charge in [-0.1, -0.05) is 6.07 Å². The van der Waals surface area contributed by atoms with Crippen molar-refractivity contribution < 1.29 is 18.3 Å². The number of alkyl halides is 2. The minimum atomic E-state index is -2.69. The van der Waals surface area contributed by atoms with Gasteiger partial charge in [0.05, 0.1) is 4.47 Å². The van der Waals surface area contributed by atoms with E-state index < -0.39 is 24.0 Å². The van der Waals surface area contributed by atoms with Crippen molar-refractivity contribution in [1.82, 2.24) is 10.2 Å². The molecule has 1 saturated heterocycles. The van der Waals surface area contributed by atoms with E-state index in [-0.39, 0.29) is 10.0 Å². The van der Waals surface area contributed by atoms with E-state index in [1.165, 1.54) is 12.1 Å². The lowest BCUT2D eigenvalue weighted by Crippen LogP contribution is -2.46. The number of halogens is 4. The van der Waals surface area contributed by atoms with E-state index in [1.54, 1.807) is 4.90 Å². The van der Waals surface area contributed by atoms with Gasteiger partial charge in [-0.2, -0.15) is 0 Å². The van der Waals surface area contributed by atoms with Crippen LogP contribution >= 0.6 is 15.9 Å². The maximum absolute atomic E-state index is 13.6. The largest absolute Gasteiger partial charge is 0.505 e. The van der Waals surface area contributed by atoms with Crippen LogP contribution in [-0.2, 0) is 0 Å². The average Bonchev–Trinajstić information content (AvgIpc) is 2.40. The van der Waals surface area contributed by atoms with Crippen LogP contribution in [0.3, 0.4) is 0 Å². The van der Waals surface area contributed by atoms with Crippen LogP contribution < -0.4 is 5.32 Å². The lowest BCUT2D eigenvalue weighted by atomic mass is 10.0. The molecule has 19 heavy (non-hydrogen) atoms. The first-order chi connectivity index (χ1) is 9.02. The van der Waals surface area contributed by atoms with Gasteiger partial charge in [0.15, 0.2) is 11.6 Å². The summed E-state index contributed by atoms with van der Waals surface area (Å²) in [6.45, 7) is 2.07. The van der Waals surface area contributed by atoms with Gasteiger partial charge in [-0.3, -0.25) is 4.90 Å². The number of benzene rings is 1. The summed E-state index contributed by atoms with van der Waals surface area (Å²) in [6, 6.07) is 1.38. The summed E-state index contributed by atoms with van der Waals surface area (Å²) in [4.78, 5) is 1.56. The topological polar surface area (TPSA) is 35.5 Å². The highest BCUT2D eigenvalue weighted by Crippen LogP contribution is 2.37. The van der Waals surface area contributed by atoms with Crippen LogP contribution in [0.2, 0.25) is 0 Å². The van der Waals surface area contributed by atoms with Crippen molar-refractivity contribution in [3.05, 3.63) is 28.0 Å². The third-order valence-electron chi connectivity index (χ3n) is 3.20. The Hall–Kier alpha value is -0.790. The second-order valence-corrected chi connectivity index (χ2v) is 5.22. The lowest BCUT2D eigenvalue weighted by Gasteiger charge is -2.34. The Morgan fingerprint density at radius 3 is 2.47 bits per heavy atom. The highest BCUT2D eigenvalue weighted by Gasteiger charge is 2.33. The van der Waals surface area contributed by atoms with Crippen molar-refractivity contribution in [2.45, 2.75) is 12.5 Å². The lowest BCUT2D eigenvalue weighted by molar-refractivity contribution is 0.0168. The van der Waals surface area contributed by atoms with Gasteiger partial charge in [0.2, 0.25) is 0 Å². The van der Waals surface area contributed by atoms with Crippen LogP contribution in [0.5, 0.6) is 5.75 Å². The molecule has 2 rings (SSSR count). The van der Waals surface area contributed by atoms with Crippen LogP contribution in [0.4, 0.5) is 13.2 Å². The highest BCUT2D eigenvalue weighted by atomic mass is 79.9. The van der Waals surface area contributed by atoms with Crippen molar-refractivity contribution in [3.63, 3.8) is 0 Å². The molecule has 7 heteroatoms. The first kappa shape index (κ1) is 14.6. The number of phenolic OH excluding ortho intramolecular Hbond substituents is 1. The second-order valence-electron chi connectivity index (χ2n) is 4.36. The van der Waals surface area contributed by atoms with Gasteiger partial charge in [-0.05, 0) is 22.0 Å². The van der Waals surface area contributed by atoms with Crippen molar-refractivity contribution in [3.8, 4) is 5.75 Å². The summed E-state index contributed by atoms with van der Waals surface area (Å²) in [5, 5.41) is 12.8. The van der Waals surface area contributed by atoms with E-state index in [2.05, 4.69) is 21.2 Å². The first-order valence-electron chi connectivity index (χ1n) is 5.92. The fourth-order valence-electron chi connectivity index (χ4n) is 2.25. The Bertz CT molecular complexity index is 453. The van der Waals surface area contributed by atoms with Gasteiger partial charge < -0.3 is 10.4 Å². The van der Waals surface area contributed by atoms with Crippen molar-refractivity contribution in [2.24, 2.45) is 0 Å². The fraction of sp³-hybridized carbons (Fsp3) is 0.500. The molecule has 1 aliphatic rings. The van der Waals surface area contributed by atoms with Crippen LogP contribution in [0.25, 0.3) is 0 Å². The molecule has 0 radical (unpaired) electrons. The Labute approximate surface area is 117 Å². The van der Waals surface area contributed by atoms with Gasteiger partial charge in [0.25, 0.3) is 6.43 Å². The maximum Gasteiger partial charge on any atom is 0.258 e. The van der Waals surface area contributed by atoms with Crippen molar-refractivity contribution >= 4 is 15.9 Å². The monoisotopic (exact) mass is 338 g/mol. The summed E-state index contributed by atoms with van der Waals surface area (Å²) in [5.41, 5.74) is -0.0717. The summed E-state index contributed by atoms with van der Waals surface area (Å²) >= 11 is 2.92. The molecule has 1 aromatic carbocycles. The first-order valence-corrected chi connectivity index (χ1v) is 6.71. The molecular formula is C12H14BrF3N2O. The van der Waals surface area contributed by atoms with Crippen LogP contribution in [0.1, 0.15) is 11.6 Å². The molecule has 1 fully saturated rings. The standard InChI is InChI=1S/C12H14BrF3N2O/c13-8-2-1-7(11(19)9(8)14)10(12(15)16)18-5-3-17-4-6-18/h1-2,10,12,17,19H,3-6H2/t10-/m1/s1. The molecule has 3 nitrogen and oxygen atoms in total. The molecule has 0 spiro atoms. The summed E-state index contributed by atoms with van der Waals surface area (Å²) in [5.74, 6) is -1.61. The van der Waals surface area contributed by atoms with E-state index in [1.807, 2.05) is 0 Å². The SMILES string of the molecule is Oc1c([C@H](C(F)F)N2CCNCC2)ccc(Br)c1F. The normalized spacial score (nSPS) is 18.8. The Kier molecular flexibility index (Phi) is 4.70. The number of hydrogen-bond acceptors (Lipinski definition) is 3. The molecule has 0 aliphatic carbocycles. The zero-order valence-corrected chi connectivity index (χ0v) is 11.6. The number of aromatic hydroxyl groups is 1. The smallest absolute Gasteiger partial charge is 0.258 e. The summed E-state index contributed by atoms with van der Waals surface area (Å²) in [6.07, 6.45) is -2.69. The average molecular weight is 339 g/mol. The second kappa shape index (κ2) is 6.11. The third-order valence-corrected chi connectivity index (χ3v) is 3.81. The molecule has 0 saturated carbocycles. The molecule has 0 bridgehead atoms. The zero-order chi connectivity index (χ0) is 14.0. The van der Waals surface area contributed by atoms with Crippen LogP contribution in [-0.4, -0.2) is 42.6 Å². The molecule has 0 amide bonds. The third kappa shape index (κ3) is 3.04. The fourth-order valence-corrected chi connectivity index (χ4v) is 2.57. The molecule has 106 valence electrons. The van der Waals surface area contributed by atoms with Gasteiger partial charge in [-0.25, -0.2) is 13.2 Å². The quantitative estimate of drug-likeness (QED) is 0.888. The number of piperazine rings is 1. The van der Waals surface area contributed by atoms with Gasteiger partial charge in [0, 0.05) is 31.7 Å². The Morgan fingerprint density at radius 2 is 1.89 bits per heavy atom. The molecular weight excluding hydrogens is 325 g/mol. The summed E-state index contributed by atoms with van der Waals surface area (Å²) in [7, 11) is 0. The number of rotatable bonds is 3. The Morgan fingerprint density at radius 1 is 1.26 bits per heavy atom. The molecule has 1 aromatic rings. The van der Waals surface area contributed by atoms with Crippen molar-refractivity contribution in [1.29, 1.82) is 0 Å². The van der Waals surface area contributed by atoms with E-state index in [0.717, 1.165) is 0 Å². The van der Waals surface area contributed by atoms with E-state index in [0.29, 0.717) is 26.2 Å². The van der Waals surface area contributed by atoms with Crippen molar-refractivity contribution in [2.75, 3.05) is 26.2 Å². The van der Waals surface area contributed by atoms with Crippen LogP contribution in [0, 0.1) is 5.82 Å². The van der Waals surface area contributed by atoms with Gasteiger partial charge in [0.1, 0.15) is 6.04 Å². The number of nitrogens with zero attached hydrogens (tertiary/aromatic N) is 1. The van der Waals surface area contributed by atoms with E-state index >= 15 is 0 Å². The molecule has 1 atom stereocenters. The van der Waals surface area contributed by atoms with E-state index in [9.17, 15) is 18.3 Å². The highest BCUT2D eigenvalue weighted by molar-refractivity contribution is 9.10. The Balaban J connectivity index is 2.36. The number of nitrogens with one attached hydrogen (secondary N) is 1. The molecule has 0 unspecified atom stereocenters. The maximum atomic E-state index is 13.6. The van der Waals surface area contributed by atoms with Gasteiger partial charge >= 0.3 is 0 Å². The minimum Gasteiger partial charge on any atom is -0.505 e. The molecule has 2 N–H and O–H groups in total. The van der Waals surface area contributed by atoms with Gasteiger partial charge in [-0.15, -0.1) is 0 Å². The molecule has 1 heterocycles.